The zero-order chi connectivity index (χ0) is 11.0. The predicted molar refractivity (Wildman–Crippen MR) is 54.9 cm³/mol. The van der Waals surface area contributed by atoms with Crippen molar-refractivity contribution in [2.24, 2.45) is 5.92 Å². The van der Waals surface area contributed by atoms with Gasteiger partial charge in [-0.05, 0) is 12.3 Å². The average Bonchev–Trinajstić information content (AvgIpc) is 2.15. The van der Waals surface area contributed by atoms with Gasteiger partial charge in [-0.15, -0.1) is 0 Å². The summed E-state index contributed by atoms with van der Waals surface area (Å²) in [5.41, 5.74) is 0. The molecule has 0 unspecified atom stereocenters. The first-order valence-corrected chi connectivity index (χ1v) is 5.19. The molecule has 0 N–H and O–H groups in total. The molecule has 14 heavy (non-hydrogen) atoms. The number of ketones is 1. The van der Waals surface area contributed by atoms with Crippen molar-refractivity contribution < 1.29 is 14.3 Å². The molecule has 3 nitrogen and oxygen atoms in total. The van der Waals surface area contributed by atoms with Gasteiger partial charge in [0.1, 0.15) is 0 Å². The van der Waals surface area contributed by atoms with Crippen LogP contribution in [0.2, 0.25) is 0 Å². The number of carbonyl (C=O) groups excluding carboxylic acids is 2. The molecule has 0 aromatic carbocycles. The molecule has 0 saturated carbocycles. The SMILES string of the molecule is COC(=O)C(=O)CCCCCC(C)C. The molecule has 0 radical (unpaired) electrons. The van der Waals surface area contributed by atoms with E-state index in [9.17, 15) is 9.59 Å². The lowest BCUT2D eigenvalue weighted by Crippen LogP contribution is -2.14. The molecule has 0 aromatic rings. The van der Waals surface area contributed by atoms with Crippen molar-refractivity contribution in [1.29, 1.82) is 0 Å². The molecule has 0 aromatic heterocycles. The lowest BCUT2D eigenvalue weighted by molar-refractivity contribution is -0.151. The Balaban J connectivity index is 3.36. The third-order valence-electron chi connectivity index (χ3n) is 2.10. The summed E-state index contributed by atoms with van der Waals surface area (Å²) in [5.74, 6) is -0.405. The van der Waals surface area contributed by atoms with Gasteiger partial charge in [0.25, 0.3) is 0 Å². The van der Waals surface area contributed by atoms with Gasteiger partial charge in [-0.25, -0.2) is 4.79 Å². The molecule has 0 fully saturated rings. The van der Waals surface area contributed by atoms with Crippen molar-refractivity contribution in [2.45, 2.75) is 46.0 Å². The normalized spacial score (nSPS) is 10.3. The highest BCUT2D eigenvalue weighted by molar-refractivity contribution is 6.33. The predicted octanol–water partition coefficient (Wildman–Crippen LogP) is 2.33. The number of Topliss-reactive ketones (excluding diaryl/α,β-unsaturated/α-hetero) is 1. The number of esters is 1. The lowest BCUT2D eigenvalue weighted by atomic mass is 10.0. The quantitative estimate of drug-likeness (QED) is 0.360. The summed E-state index contributed by atoms with van der Waals surface area (Å²) >= 11 is 0. The van der Waals surface area contributed by atoms with Crippen molar-refractivity contribution in [2.75, 3.05) is 7.11 Å². The molecule has 0 bridgehead atoms. The molecule has 0 aliphatic carbocycles. The van der Waals surface area contributed by atoms with Gasteiger partial charge in [0.2, 0.25) is 5.78 Å². The molecule has 0 aliphatic rings. The Hall–Kier alpha value is -0.860. The summed E-state index contributed by atoms with van der Waals surface area (Å²) in [4.78, 5) is 21.7. The number of carbonyl (C=O) groups is 2. The smallest absolute Gasteiger partial charge is 0.374 e. The highest BCUT2D eigenvalue weighted by atomic mass is 16.5. The number of unbranched alkanes of at least 4 members (excludes halogenated alkanes) is 2. The molecule has 82 valence electrons. The summed E-state index contributed by atoms with van der Waals surface area (Å²) in [6.45, 7) is 4.36. The van der Waals surface area contributed by atoms with Gasteiger partial charge in [-0.2, -0.15) is 0 Å². The topological polar surface area (TPSA) is 43.4 Å². The van der Waals surface area contributed by atoms with E-state index in [1.165, 1.54) is 13.5 Å². The van der Waals surface area contributed by atoms with E-state index in [-0.39, 0.29) is 0 Å². The Morgan fingerprint density at radius 2 is 1.79 bits per heavy atom. The van der Waals surface area contributed by atoms with Gasteiger partial charge in [0, 0.05) is 6.42 Å². The first-order valence-electron chi connectivity index (χ1n) is 5.19. The Bertz CT molecular complexity index is 185. The first kappa shape index (κ1) is 13.1. The minimum absolute atomic E-state index is 0.324. The highest BCUT2D eigenvalue weighted by Gasteiger charge is 2.12. The average molecular weight is 200 g/mol. The van der Waals surface area contributed by atoms with Crippen LogP contribution in [0.4, 0.5) is 0 Å². The molecular weight excluding hydrogens is 180 g/mol. The second kappa shape index (κ2) is 7.54. The Kier molecular flexibility index (Phi) is 7.07. The van der Waals surface area contributed by atoms with Gasteiger partial charge in [-0.1, -0.05) is 33.1 Å². The molecule has 0 atom stereocenters. The second-order valence-corrected chi connectivity index (χ2v) is 3.91. The third-order valence-corrected chi connectivity index (χ3v) is 2.10. The number of rotatable bonds is 7. The summed E-state index contributed by atoms with van der Waals surface area (Å²) in [6.07, 6.45) is 4.45. The van der Waals surface area contributed by atoms with E-state index in [1.54, 1.807) is 0 Å². The lowest BCUT2D eigenvalue weighted by Gasteiger charge is -2.03. The third kappa shape index (κ3) is 6.63. The highest BCUT2D eigenvalue weighted by Crippen LogP contribution is 2.09. The standard InChI is InChI=1S/C11H20O3/c1-9(2)7-5-4-6-8-10(12)11(13)14-3/h9H,4-8H2,1-3H3. The zero-order valence-corrected chi connectivity index (χ0v) is 9.34. The number of methoxy groups -OCH3 is 1. The van der Waals surface area contributed by atoms with Gasteiger partial charge < -0.3 is 4.74 Å². The van der Waals surface area contributed by atoms with E-state index in [2.05, 4.69) is 18.6 Å². The summed E-state index contributed by atoms with van der Waals surface area (Å²) in [6, 6.07) is 0. The van der Waals surface area contributed by atoms with Crippen molar-refractivity contribution in [3.8, 4) is 0 Å². The van der Waals surface area contributed by atoms with Gasteiger partial charge >= 0.3 is 5.97 Å². The minimum Gasteiger partial charge on any atom is -0.463 e. The molecule has 0 spiro atoms. The Labute approximate surface area is 85.8 Å². The summed E-state index contributed by atoms with van der Waals surface area (Å²) < 4.78 is 4.32. The van der Waals surface area contributed by atoms with Crippen molar-refractivity contribution in [3.63, 3.8) is 0 Å². The molecule has 0 aliphatic heterocycles. The number of hydrogen-bond acceptors (Lipinski definition) is 3. The van der Waals surface area contributed by atoms with Crippen LogP contribution in [0.15, 0.2) is 0 Å². The maximum atomic E-state index is 11.0. The Morgan fingerprint density at radius 1 is 1.14 bits per heavy atom. The van der Waals surface area contributed by atoms with Crippen LogP contribution in [0, 0.1) is 5.92 Å². The first-order chi connectivity index (χ1) is 6.57. The van der Waals surface area contributed by atoms with Crippen molar-refractivity contribution >= 4 is 11.8 Å². The monoisotopic (exact) mass is 200 g/mol. The van der Waals surface area contributed by atoms with Gasteiger partial charge in [0.05, 0.1) is 7.11 Å². The molecule has 0 heterocycles. The summed E-state index contributed by atoms with van der Waals surface area (Å²) in [5, 5.41) is 0. The van der Waals surface area contributed by atoms with Gasteiger partial charge in [-0.3, -0.25) is 4.79 Å². The van der Waals surface area contributed by atoms with Crippen LogP contribution >= 0.6 is 0 Å². The van der Waals surface area contributed by atoms with E-state index in [0.29, 0.717) is 12.3 Å². The molecule has 0 rings (SSSR count). The largest absolute Gasteiger partial charge is 0.463 e. The second-order valence-electron chi connectivity index (χ2n) is 3.91. The maximum absolute atomic E-state index is 11.0. The molecule has 0 saturated heterocycles. The fourth-order valence-electron chi connectivity index (χ4n) is 1.23. The number of hydrogen-bond donors (Lipinski definition) is 0. The van der Waals surface area contributed by atoms with Crippen molar-refractivity contribution in [1.82, 2.24) is 0 Å². The van der Waals surface area contributed by atoms with Crippen LogP contribution in [0.25, 0.3) is 0 Å². The van der Waals surface area contributed by atoms with E-state index in [4.69, 9.17) is 0 Å². The van der Waals surface area contributed by atoms with Crippen LogP contribution in [0.5, 0.6) is 0 Å². The van der Waals surface area contributed by atoms with E-state index in [0.717, 1.165) is 19.3 Å². The minimum atomic E-state index is -0.714. The number of ether oxygens (including phenoxy) is 1. The van der Waals surface area contributed by atoms with Crippen LogP contribution in [0.1, 0.15) is 46.0 Å². The fraction of sp³-hybridized carbons (Fsp3) is 0.818. The molecule has 3 heteroatoms. The van der Waals surface area contributed by atoms with Crippen LogP contribution in [-0.2, 0) is 14.3 Å². The molecule has 0 amide bonds. The van der Waals surface area contributed by atoms with Crippen LogP contribution in [-0.4, -0.2) is 18.9 Å². The maximum Gasteiger partial charge on any atom is 0.374 e. The molecular formula is C11H20O3. The van der Waals surface area contributed by atoms with E-state index >= 15 is 0 Å². The van der Waals surface area contributed by atoms with Crippen LogP contribution in [0.3, 0.4) is 0 Å². The van der Waals surface area contributed by atoms with Gasteiger partial charge in [0.15, 0.2) is 0 Å². The Morgan fingerprint density at radius 3 is 2.29 bits per heavy atom. The van der Waals surface area contributed by atoms with Crippen LogP contribution < -0.4 is 0 Å². The van der Waals surface area contributed by atoms with E-state index < -0.39 is 11.8 Å². The summed E-state index contributed by atoms with van der Waals surface area (Å²) in [7, 11) is 1.24. The van der Waals surface area contributed by atoms with Crippen molar-refractivity contribution in [3.05, 3.63) is 0 Å². The zero-order valence-electron chi connectivity index (χ0n) is 9.34. The fourth-order valence-corrected chi connectivity index (χ4v) is 1.23. The van der Waals surface area contributed by atoms with E-state index in [1.807, 2.05) is 0 Å².